The van der Waals surface area contributed by atoms with E-state index in [0.29, 0.717) is 29.8 Å². The third-order valence-electron chi connectivity index (χ3n) is 3.24. The number of para-hydroxylation sites is 1. The fourth-order valence-corrected chi connectivity index (χ4v) is 3.57. The topological polar surface area (TPSA) is 91.0 Å². The number of hydrogen-bond acceptors (Lipinski definition) is 4. The van der Waals surface area contributed by atoms with Crippen molar-refractivity contribution < 1.29 is 8.42 Å². The molecule has 1 saturated heterocycles. The van der Waals surface area contributed by atoms with Gasteiger partial charge >= 0.3 is 10.2 Å². The van der Waals surface area contributed by atoms with Crippen LogP contribution in [0.2, 0.25) is 0 Å². The second-order valence-electron chi connectivity index (χ2n) is 4.56. The summed E-state index contributed by atoms with van der Waals surface area (Å²) in [7, 11) is -3.50. The highest BCUT2D eigenvalue weighted by atomic mass is 32.2. The van der Waals surface area contributed by atoms with Crippen molar-refractivity contribution >= 4 is 26.9 Å². The van der Waals surface area contributed by atoms with Crippen molar-refractivity contribution in [3.63, 3.8) is 0 Å². The van der Waals surface area contributed by atoms with Crippen LogP contribution in [-0.2, 0) is 10.2 Å². The average molecular weight is 281 g/mol. The Hall–Kier alpha value is -1.67. The Labute approximate surface area is 111 Å². The molecule has 1 aromatic heterocycles. The van der Waals surface area contributed by atoms with Crippen LogP contribution in [0.15, 0.2) is 18.2 Å². The maximum absolute atomic E-state index is 12.3. The van der Waals surface area contributed by atoms with E-state index in [1.165, 1.54) is 4.31 Å². The highest BCUT2D eigenvalue weighted by Gasteiger charge is 2.24. The average Bonchev–Trinajstić information content (AvgIpc) is 2.89. The Morgan fingerprint density at radius 3 is 2.74 bits per heavy atom. The van der Waals surface area contributed by atoms with Gasteiger partial charge in [-0.15, -0.1) is 0 Å². The van der Waals surface area contributed by atoms with Crippen LogP contribution in [-0.4, -0.2) is 41.2 Å². The quantitative estimate of drug-likeness (QED) is 0.881. The van der Waals surface area contributed by atoms with Crippen LogP contribution in [0.25, 0.3) is 11.0 Å². The van der Waals surface area contributed by atoms with E-state index in [1.807, 2.05) is 0 Å². The Bertz CT molecular complexity index is 675. The van der Waals surface area contributed by atoms with E-state index in [1.54, 1.807) is 18.2 Å². The summed E-state index contributed by atoms with van der Waals surface area (Å²) in [6, 6.07) is 5.21. The molecular weight excluding hydrogens is 266 g/mol. The first kappa shape index (κ1) is 12.4. The zero-order valence-electron chi connectivity index (χ0n) is 10.3. The van der Waals surface area contributed by atoms with Gasteiger partial charge in [0, 0.05) is 13.1 Å². The van der Waals surface area contributed by atoms with E-state index in [2.05, 4.69) is 20.1 Å². The van der Waals surface area contributed by atoms with Crippen LogP contribution < -0.4 is 4.72 Å². The van der Waals surface area contributed by atoms with Crippen LogP contribution in [0, 0.1) is 0 Å². The lowest BCUT2D eigenvalue weighted by Gasteiger charge is -2.26. The monoisotopic (exact) mass is 281 g/mol. The second-order valence-corrected chi connectivity index (χ2v) is 6.23. The molecule has 2 N–H and O–H groups in total. The van der Waals surface area contributed by atoms with Crippen LogP contribution in [0.4, 0.5) is 5.69 Å². The number of H-pyrrole nitrogens is 1. The lowest BCUT2D eigenvalue weighted by Crippen LogP contribution is -2.39. The molecule has 0 amide bonds. The van der Waals surface area contributed by atoms with Gasteiger partial charge < -0.3 is 0 Å². The predicted octanol–water partition coefficient (Wildman–Crippen LogP) is 1.10. The first-order chi connectivity index (χ1) is 9.17. The van der Waals surface area contributed by atoms with Gasteiger partial charge in [0.15, 0.2) is 0 Å². The predicted molar refractivity (Wildman–Crippen MR) is 71.9 cm³/mol. The molecule has 102 valence electrons. The third kappa shape index (κ3) is 2.41. The Morgan fingerprint density at radius 2 is 1.95 bits per heavy atom. The molecule has 1 fully saturated rings. The minimum absolute atomic E-state index is 0.455. The first-order valence-electron chi connectivity index (χ1n) is 6.24. The Balaban J connectivity index is 1.89. The lowest BCUT2D eigenvalue weighted by molar-refractivity contribution is 0.349. The fraction of sp³-hybridized carbons (Fsp3) is 0.455. The minimum Gasteiger partial charge on any atom is -0.269 e. The van der Waals surface area contributed by atoms with Crippen molar-refractivity contribution in [2.75, 3.05) is 17.8 Å². The maximum Gasteiger partial charge on any atom is 0.301 e. The number of rotatable bonds is 3. The molecular formula is C11H15N5O2S. The van der Waals surface area contributed by atoms with Gasteiger partial charge in [0.05, 0.1) is 5.69 Å². The fourth-order valence-electron chi connectivity index (χ4n) is 2.26. The highest BCUT2D eigenvalue weighted by Crippen LogP contribution is 2.22. The van der Waals surface area contributed by atoms with Gasteiger partial charge in [0.1, 0.15) is 11.0 Å². The SMILES string of the molecule is O=S(=O)(Nc1cccc2n[nH]nc12)N1CCCCC1. The summed E-state index contributed by atoms with van der Waals surface area (Å²) in [4.78, 5) is 0. The standard InChI is InChI=1S/C11H15N5O2S/c17-19(18,16-7-2-1-3-8-16)14-10-6-4-5-9-11(10)13-15-12-9/h4-6,14H,1-3,7-8H2,(H,12,13,15). The zero-order valence-corrected chi connectivity index (χ0v) is 11.2. The van der Waals surface area contributed by atoms with Crippen LogP contribution in [0.3, 0.4) is 0 Å². The summed E-state index contributed by atoms with van der Waals surface area (Å²) in [5.41, 5.74) is 1.62. The molecule has 0 spiro atoms. The Kier molecular flexibility index (Phi) is 3.11. The number of hydrogen-bond donors (Lipinski definition) is 2. The van der Waals surface area contributed by atoms with E-state index in [4.69, 9.17) is 0 Å². The summed E-state index contributed by atoms with van der Waals surface area (Å²) >= 11 is 0. The van der Waals surface area contributed by atoms with E-state index >= 15 is 0 Å². The summed E-state index contributed by atoms with van der Waals surface area (Å²) in [6.07, 6.45) is 2.91. The molecule has 0 aliphatic carbocycles. The first-order valence-corrected chi connectivity index (χ1v) is 7.68. The number of nitrogens with zero attached hydrogens (tertiary/aromatic N) is 3. The van der Waals surface area contributed by atoms with Gasteiger partial charge in [-0.2, -0.15) is 28.1 Å². The molecule has 7 nitrogen and oxygen atoms in total. The molecule has 1 aromatic carbocycles. The zero-order chi connectivity index (χ0) is 13.3. The van der Waals surface area contributed by atoms with Crippen molar-refractivity contribution in [2.24, 2.45) is 0 Å². The smallest absolute Gasteiger partial charge is 0.269 e. The highest BCUT2D eigenvalue weighted by molar-refractivity contribution is 7.90. The lowest BCUT2D eigenvalue weighted by atomic mass is 10.2. The molecule has 0 unspecified atom stereocenters. The van der Waals surface area contributed by atoms with E-state index in [9.17, 15) is 8.42 Å². The third-order valence-corrected chi connectivity index (χ3v) is 4.76. The molecule has 1 aliphatic rings. The number of fused-ring (bicyclic) bond motifs is 1. The van der Waals surface area contributed by atoms with E-state index < -0.39 is 10.2 Å². The van der Waals surface area contributed by atoms with Gasteiger partial charge in [-0.25, -0.2) is 0 Å². The molecule has 0 saturated carbocycles. The van der Waals surface area contributed by atoms with Crippen molar-refractivity contribution in [3.8, 4) is 0 Å². The molecule has 0 atom stereocenters. The normalized spacial score (nSPS) is 17.7. The number of benzene rings is 1. The van der Waals surface area contributed by atoms with Crippen molar-refractivity contribution in [1.82, 2.24) is 19.7 Å². The molecule has 2 heterocycles. The molecule has 8 heteroatoms. The van der Waals surface area contributed by atoms with Crippen LogP contribution in [0.1, 0.15) is 19.3 Å². The summed E-state index contributed by atoms with van der Waals surface area (Å²) in [6.45, 7) is 1.15. The summed E-state index contributed by atoms with van der Waals surface area (Å²) < 4.78 is 28.6. The number of piperidine rings is 1. The number of aromatic nitrogens is 3. The van der Waals surface area contributed by atoms with Gasteiger partial charge in [-0.1, -0.05) is 12.5 Å². The van der Waals surface area contributed by atoms with E-state index in [0.717, 1.165) is 19.3 Å². The summed E-state index contributed by atoms with van der Waals surface area (Å²) in [5, 5.41) is 10.4. The minimum atomic E-state index is -3.50. The van der Waals surface area contributed by atoms with E-state index in [-0.39, 0.29) is 0 Å². The number of nitrogens with one attached hydrogen (secondary N) is 2. The molecule has 2 aromatic rings. The maximum atomic E-state index is 12.3. The molecule has 3 rings (SSSR count). The summed E-state index contributed by atoms with van der Waals surface area (Å²) in [5.74, 6) is 0. The van der Waals surface area contributed by atoms with Crippen LogP contribution in [0.5, 0.6) is 0 Å². The molecule has 1 aliphatic heterocycles. The van der Waals surface area contributed by atoms with Crippen LogP contribution >= 0.6 is 0 Å². The molecule has 0 bridgehead atoms. The van der Waals surface area contributed by atoms with Crippen molar-refractivity contribution in [1.29, 1.82) is 0 Å². The second kappa shape index (κ2) is 4.78. The Morgan fingerprint density at radius 1 is 1.16 bits per heavy atom. The largest absolute Gasteiger partial charge is 0.301 e. The van der Waals surface area contributed by atoms with Gasteiger partial charge in [-0.3, -0.25) is 4.72 Å². The molecule has 19 heavy (non-hydrogen) atoms. The van der Waals surface area contributed by atoms with Crippen molar-refractivity contribution in [3.05, 3.63) is 18.2 Å². The molecule has 0 radical (unpaired) electrons. The number of anilines is 1. The van der Waals surface area contributed by atoms with Crippen molar-refractivity contribution in [2.45, 2.75) is 19.3 Å². The number of aromatic amines is 1. The van der Waals surface area contributed by atoms with Gasteiger partial charge in [0.25, 0.3) is 0 Å². The van der Waals surface area contributed by atoms with Gasteiger partial charge in [0.2, 0.25) is 0 Å². The van der Waals surface area contributed by atoms with Gasteiger partial charge in [-0.05, 0) is 25.0 Å².